The molecule has 27 heavy (non-hydrogen) atoms. The molecule has 0 unspecified atom stereocenters. The van der Waals surface area contributed by atoms with Gasteiger partial charge in [-0.25, -0.2) is 4.79 Å². The molecule has 0 atom stereocenters. The molecule has 0 fully saturated rings. The van der Waals surface area contributed by atoms with Crippen molar-refractivity contribution in [3.8, 4) is 0 Å². The molecule has 8 heteroatoms. The zero-order valence-electron chi connectivity index (χ0n) is 15.0. The standard InChI is InChI=1S/C19H19N3O5/c1-3-12-6-5-7-13(4-2)18(12)20-17(23)11-21-15-10-14(22(25)26)8-9-16(15)27-19(21)24/h5-10H,3-4,11H2,1-2H3,(H,20,23). The van der Waals surface area contributed by atoms with Crippen LogP contribution < -0.4 is 11.1 Å². The van der Waals surface area contributed by atoms with E-state index in [0.717, 1.165) is 34.2 Å². The molecule has 3 aromatic rings. The summed E-state index contributed by atoms with van der Waals surface area (Å²) in [4.78, 5) is 35.1. The summed E-state index contributed by atoms with van der Waals surface area (Å²) in [6.07, 6.45) is 1.51. The van der Waals surface area contributed by atoms with Crippen LogP contribution in [0, 0.1) is 10.1 Å². The zero-order valence-corrected chi connectivity index (χ0v) is 15.0. The Kier molecular flexibility index (Phi) is 5.07. The maximum atomic E-state index is 12.6. The Hall–Kier alpha value is -3.42. The molecule has 1 aromatic heterocycles. The number of para-hydroxylation sites is 1. The first-order valence-corrected chi connectivity index (χ1v) is 8.63. The number of nitro benzene ring substituents is 1. The Bertz CT molecular complexity index is 1060. The third-order valence-corrected chi connectivity index (χ3v) is 4.43. The van der Waals surface area contributed by atoms with E-state index in [1.54, 1.807) is 0 Å². The van der Waals surface area contributed by atoms with Crippen LogP contribution in [0.5, 0.6) is 0 Å². The molecule has 140 valence electrons. The quantitative estimate of drug-likeness (QED) is 0.530. The number of carbonyl (C=O) groups excluding carboxylic acids is 1. The smallest absolute Gasteiger partial charge is 0.408 e. The number of hydrogen-bond acceptors (Lipinski definition) is 5. The second kappa shape index (κ2) is 7.45. The molecule has 1 amide bonds. The van der Waals surface area contributed by atoms with Gasteiger partial charge in [0.2, 0.25) is 5.91 Å². The van der Waals surface area contributed by atoms with Gasteiger partial charge in [-0.2, -0.15) is 0 Å². The number of hydrogen-bond donors (Lipinski definition) is 1. The van der Waals surface area contributed by atoms with Gasteiger partial charge >= 0.3 is 5.76 Å². The number of nitrogens with one attached hydrogen (secondary N) is 1. The maximum absolute atomic E-state index is 12.6. The number of fused-ring (bicyclic) bond motifs is 1. The van der Waals surface area contributed by atoms with Crippen molar-refractivity contribution in [2.75, 3.05) is 5.32 Å². The van der Waals surface area contributed by atoms with Gasteiger partial charge in [0.05, 0.1) is 10.4 Å². The number of amides is 1. The first kappa shape index (κ1) is 18.4. The number of rotatable bonds is 6. The van der Waals surface area contributed by atoms with Gasteiger partial charge in [-0.1, -0.05) is 32.0 Å². The van der Waals surface area contributed by atoms with E-state index in [0.29, 0.717) is 0 Å². The summed E-state index contributed by atoms with van der Waals surface area (Å²) in [5.41, 5.74) is 2.98. The number of nitro groups is 1. The van der Waals surface area contributed by atoms with Crippen molar-refractivity contribution in [2.24, 2.45) is 0 Å². The predicted octanol–water partition coefficient (Wildman–Crippen LogP) is 3.27. The number of anilines is 1. The zero-order chi connectivity index (χ0) is 19.6. The molecule has 0 radical (unpaired) electrons. The molecule has 3 rings (SSSR count). The lowest BCUT2D eigenvalue weighted by Crippen LogP contribution is -2.25. The SMILES string of the molecule is CCc1cccc(CC)c1NC(=O)Cn1c(=O)oc2ccc([N+](=O)[O-])cc21. The molecule has 0 aliphatic carbocycles. The summed E-state index contributed by atoms with van der Waals surface area (Å²) in [5, 5.41) is 13.8. The van der Waals surface area contributed by atoms with E-state index in [1.165, 1.54) is 18.2 Å². The number of benzene rings is 2. The van der Waals surface area contributed by atoms with Crippen LogP contribution in [0.15, 0.2) is 45.6 Å². The van der Waals surface area contributed by atoms with E-state index < -0.39 is 16.6 Å². The molecule has 8 nitrogen and oxygen atoms in total. The lowest BCUT2D eigenvalue weighted by molar-refractivity contribution is -0.384. The van der Waals surface area contributed by atoms with Crippen LogP contribution in [0.4, 0.5) is 11.4 Å². The topological polar surface area (TPSA) is 107 Å². The third-order valence-electron chi connectivity index (χ3n) is 4.43. The van der Waals surface area contributed by atoms with Crippen LogP contribution in [-0.4, -0.2) is 15.4 Å². The highest BCUT2D eigenvalue weighted by Crippen LogP contribution is 2.23. The van der Waals surface area contributed by atoms with Crippen molar-refractivity contribution in [3.63, 3.8) is 0 Å². The van der Waals surface area contributed by atoms with E-state index in [4.69, 9.17) is 4.42 Å². The van der Waals surface area contributed by atoms with E-state index in [9.17, 15) is 19.7 Å². The average molecular weight is 369 g/mol. The van der Waals surface area contributed by atoms with Gasteiger partial charge in [-0.15, -0.1) is 0 Å². The summed E-state index contributed by atoms with van der Waals surface area (Å²) in [7, 11) is 0. The molecule has 0 spiro atoms. The molecule has 0 bridgehead atoms. The Morgan fingerprint density at radius 3 is 2.44 bits per heavy atom. The van der Waals surface area contributed by atoms with Gasteiger partial charge in [0.25, 0.3) is 5.69 Å². The molecule has 1 heterocycles. The Labute approximate surface area is 154 Å². The summed E-state index contributed by atoms with van der Waals surface area (Å²) in [5.74, 6) is -1.14. The van der Waals surface area contributed by atoms with Crippen LogP contribution in [-0.2, 0) is 24.2 Å². The second-order valence-electron chi connectivity index (χ2n) is 6.07. The van der Waals surface area contributed by atoms with Crippen LogP contribution in [0.1, 0.15) is 25.0 Å². The van der Waals surface area contributed by atoms with Gasteiger partial charge in [0.15, 0.2) is 5.58 Å². The molecule has 1 N–H and O–H groups in total. The first-order chi connectivity index (χ1) is 12.9. The van der Waals surface area contributed by atoms with Crippen molar-refractivity contribution in [2.45, 2.75) is 33.2 Å². The highest BCUT2D eigenvalue weighted by molar-refractivity contribution is 5.93. The highest BCUT2D eigenvalue weighted by atomic mass is 16.6. The molecule has 2 aromatic carbocycles. The fourth-order valence-corrected chi connectivity index (χ4v) is 3.04. The van der Waals surface area contributed by atoms with Gasteiger partial charge in [0, 0.05) is 17.8 Å². The second-order valence-corrected chi connectivity index (χ2v) is 6.07. The highest BCUT2D eigenvalue weighted by Gasteiger charge is 2.17. The van der Waals surface area contributed by atoms with Crippen molar-refractivity contribution in [1.29, 1.82) is 0 Å². The summed E-state index contributed by atoms with van der Waals surface area (Å²) in [6.45, 7) is 3.70. The lowest BCUT2D eigenvalue weighted by Gasteiger charge is -2.14. The molecule has 0 saturated heterocycles. The van der Waals surface area contributed by atoms with Gasteiger partial charge in [-0.05, 0) is 30.0 Å². The fraction of sp³-hybridized carbons (Fsp3) is 0.263. The van der Waals surface area contributed by atoms with E-state index in [-0.39, 0.29) is 23.3 Å². The maximum Gasteiger partial charge on any atom is 0.420 e. The van der Waals surface area contributed by atoms with Gasteiger partial charge in [0.1, 0.15) is 6.54 Å². The Balaban J connectivity index is 1.93. The lowest BCUT2D eigenvalue weighted by atomic mass is 10.0. The molecule has 0 aliphatic rings. The number of carbonyl (C=O) groups is 1. The Morgan fingerprint density at radius 2 is 1.85 bits per heavy atom. The van der Waals surface area contributed by atoms with Crippen LogP contribution in [0.3, 0.4) is 0 Å². The number of aromatic nitrogens is 1. The number of non-ortho nitro benzene ring substituents is 1. The van der Waals surface area contributed by atoms with Crippen molar-refractivity contribution in [1.82, 2.24) is 4.57 Å². The Morgan fingerprint density at radius 1 is 1.19 bits per heavy atom. The normalized spacial score (nSPS) is 10.9. The largest absolute Gasteiger partial charge is 0.420 e. The first-order valence-electron chi connectivity index (χ1n) is 8.63. The van der Waals surface area contributed by atoms with Crippen molar-refractivity contribution in [3.05, 3.63) is 68.2 Å². The molecular formula is C19H19N3O5. The summed E-state index contributed by atoms with van der Waals surface area (Å²) >= 11 is 0. The molecule has 0 saturated carbocycles. The summed E-state index contributed by atoms with van der Waals surface area (Å²) in [6, 6.07) is 9.66. The van der Waals surface area contributed by atoms with Crippen molar-refractivity contribution < 1.29 is 14.1 Å². The predicted molar refractivity (Wildman–Crippen MR) is 101 cm³/mol. The van der Waals surface area contributed by atoms with E-state index in [1.807, 2.05) is 32.0 Å². The minimum atomic E-state index is -0.736. The minimum absolute atomic E-state index is 0.179. The average Bonchev–Trinajstić information content (AvgIpc) is 2.96. The molecule has 0 aliphatic heterocycles. The summed E-state index contributed by atoms with van der Waals surface area (Å²) < 4.78 is 6.17. The number of aryl methyl sites for hydroxylation is 2. The van der Waals surface area contributed by atoms with Crippen molar-refractivity contribution >= 4 is 28.4 Å². The van der Waals surface area contributed by atoms with Crippen LogP contribution in [0.2, 0.25) is 0 Å². The van der Waals surface area contributed by atoms with Crippen LogP contribution in [0.25, 0.3) is 11.1 Å². The monoisotopic (exact) mass is 369 g/mol. The number of oxazole rings is 1. The number of nitrogens with zero attached hydrogens (tertiary/aromatic N) is 2. The third kappa shape index (κ3) is 3.59. The van der Waals surface area contributed by atoms with Gasteiger partial charge < -0.3 is 9.73 Å². The fourth-order valence-electron chi connectivity index (χ4n) is 3.04. The van der Waals surface area contributed by atoms with Gasteiger partial charge in [-0.3, -0.25) is 19.5 Å². The molecular weight excluding hydrogens is 350 g/mol. The van der Waals surface area contributed by atoms with E-state index in [2.05, 4.69) is 5.32 Å². The van der Waals surface area contributed by atoms with Crippen LogP contribution >= 0.6 is 0 Å². The minimum Gasteiger partial charge on any atom is -0.408 e. The van der Waals surface area contributed by atoms with E-state index >= 15 is 0 Å².